The highest BCUT2D eigenvalue weighted by Crippen LogP contribution is 2.45. The molecule has 0 unspecified atom stereocenters. The number of carbonyl (C=O) groups is 2. The molecule has 2 aromatic rings. The average Bonchev–Trinajstić information content (AvgIpc) is 3.48. The highest BCUT2D eigenvalue weighted by Gasteiger charge is 2.42. The standard InChI is InChI=1S/C31H44FN5O5S/c1-31(2)16-26-28(43(40,41)17-31)21-6-5-8-25(21)37(26)19-14-22(32)27(29(35)38)24(15-19)36-18-9-11-20(12-10-18)42-30(39)23(34)7-3-4-13-33/h14-15,18,20,23,36H,3-13,16-17,33-34H2,1-2H3,(H2,35,38)/t18-,20-,23-/m0/s1. The van der Waals surface area contributed by atoms with Crippen molar-refractivity contribution in [3.63, 3.8) is 0 Å². The number of primary amides is 1. The normalized spacial score (nSPS) is 22.8. The fourth-order valence-electron chi connectivity index (χ4n) is 7.10. The quantitative estimate of drug-likeness (QED) is 0.232. The van der Waals surface area contributed by atoms with Crippen LogP contribution in [0.4, 0.5) is 10.1 Å². The van der Waals surface area contributed by atoms with Crippen LogP contribution >= 0.6 is 0 Å². The van der Waals surface area contributed by atoms with Crippen LogP contribution in [0.3, 0.4) is 0 Å². The predicted octanol–water partition coefficient (Wildman–Crippen LogP) is 3.28. The molecule has 1 aliphatic heterocycles. The van der Waals surface area contributed by atoms with E-state index in [4.69, 9.17) is 21.9 Å². The summed E-state index contributed by atoms with van der Waals surface area (Å²) in [5.74, 6) is -1.98. The molecule has 7 N–H and O–H groups in total. The number of nitrogens with zero attached hydrogens (tertiary/aromatic N) is 1. The summed E-state index contributed by atoms with van der Waals surface area (Å²) in [6.45, 7) is 4.42. The molecule has 0 saturated heterocycles. The lowest BCUT2D eigenvalue weighted by atomic mass is 9.89. The summed E-state index contributed by atoms with van der Waals surface area (Å²) in [5.41, 5.74) is 19.6. The molecule has 10 nitrogen and oxygen atoms in total. The van der Waals surface area contributed by atoms with Crippen molar-refractivity contribution in [1.29, 1.82) is 0 Å². The minimum Gasteiger partial charge on any atom is -0.461 e. The Morgan fingerprint density at radius 2 is 1.86 bits per heavy atom. The van der Waals surface area contributed by atoms with Gasteiger partial charge in [0, 0.05) is 17.4 Å². The van der Waals surface area contributed by atoms with Gasteiger partial charge < -0.3 is 31.8 Å². The van der Waals surface area contributed by atoms with Gasteiger partial charge in [0.05, 0.1) is 27.6 Å². The maximum Gasteiger partial charge on any atom is 0.323 e. The van der Waals surface area contributed by atoms with Crippen molar-refractivity contribution in [3.8, 4) is 5.69 Å². The summed E-state index contributed by atoms with van der Waals surface area (Å²) in [6.07, 6.45) is 7.03. The molecule has 0 bridgehead atoms. The number of unbranched alkanes of at least 4 members (excludes halogenated alkanes) is 1. The Balaban J connectivity index is 1.39. The van der Waals surface area contributed by atoms with Gasteiger partial charge in [-0.05, 0) is 93.9 Å². The number of carbonyl (C=O) groups excluding carboxylic acids is 2. The Morgan fingerprint density at radius 3 is 2.53 bits per heavy atom. The van der Waals surface area contributed by atoms with Gasteiger partial charge in [0.25, 0.3) is 5.91 Å². The lowest BCUT2D eigenvalue weighted by Crippen LogP contribution is -2.37. The van der Waals surface area contributed by atoms with Gasteiger partial charge in [0.1, 0.15) is 18.0 Å². The van der Waals surface area contributed by atoms with Crippen molar-refractivity contribution in [2.75, 3.05) is 17.6 Å². The van der Waals surface area contributed by atoms with Crippen LogP contribution in [-0.4, -0.2) is 55.3 Å². The van der Waals surface area contributed by atoms with Crippen LogP contribution in [0.15, 0.2) is 17.0 Å². The Labute approximate surface area is 252 Å². The van der Waals surface area contributed by atoms with E-state index in [1.165, 1.54) is 6.07 Å². The van der Waals surface area contributed by atoms with E-state index >= 15 is 4.39 Å². The van der Waals surface area contributed by atoms with Gasteiger partial charge in [-0.25, -0.2) is 12.8 Å². The van der Waals surface area contributed by atoms with Gasteiger partial charge in [-0.15, -0.1) is 0 Å². The molecule has 1 saturated carbocycles. The molecule has 1 fully saturated rings. The molecule has 0 radical (unpaired) electrons. The number of hydrogen-bond donors (Lipinski definition) is 4. The predicted molar refractivity (Wildman–Crippen MR) is 162 cm³/mol. The number of benzene rings is 1. The average molecular weight is 618 g/mol. The first-order valence-electron chi connectivity index (χ1n) is 15.4. The highest BCUT2D eigenvalue weighted by molar-refractivity contribution is 7.91. The summed E-state index contributed by atoms with van der Waals surface area (Å²) in [6, 6.07) is 2.21. The number of rotatable bonds is 10. The number of aromatic nitrogens is 1. The van der Waals surface area contributed by atoms with E-state index in [0.717, 1.165) is 30.5 Å². The molecule has 1 atom stereocenters. The minimum atomic E-state index is -3.51. The molecular formula is C31H44FN5O5S. The molecule has 5 rings (SSSR count). The van der Waals surface area contributed by atoms with E-state index in [2.05, 4.69) is 5.32 Å². The summed E-state index contributed by atoms with van der Waals surface area (Å²) < 4.78 is 50.0. The maximum absolute atomic E-state index is 15.6. The number of hydrogen-bond acceptors (Lipinski definition) is 8. The molecule has 1 aromatic heterocycles. The third-order valence-electron chi connectivity index (χ3n) is 8.97. The largest absolute Gasteiger partial charge is 0.461 e. The topological polar surface area (TPSA) is 173 Å². The Bertz CT molecular complexity index is 1510. The number of esters is 1. The zero-order valence-electron chi connectivity index (χ0n) is 25.1. The SMILES string of the molecule is CC1(C)Cc2c(c3c(n2-c2cc(F)c(C(N)=O)c(N[C@H]4CC[C@H](OC(=O)[C@@H](N)CCCCN)CC4)c2)CCC3)S(=O)(=O)C1. The number of nitrogens with one attached hydrogen (secondary N) is 1. The molecule has 236 valence electrons. The monoisotopic (exact) mass is 617 g/mol. The van der Waals surface area contributed by atoms with Crippen molar-refractivity contribution < 1.29 is 27.1 Å². The van der Waals surface area contributed by atoms with Gasteiger partial charge >= 0.3 is 5.97 Å². The van der Waals surface area contributed by atoms with Gasteiger partial charge in [-0.1, -0.05) is 20.3 Å². The number of anilines is 1. The third-order valence-corrected chi connectivity index (χ3v) is 11.2. The second-order valence-corrected chi connectivity index (χ2v) is 15.1. The zero-order valence-corrected chi connectivity index (χ0v) is 25.9. The molecule has 2 aliphatic carbocycles. The molecule has 0 spiro atoms. The summed E-state index contributed by atoms with van der Waals surface area (Å²) in [4.78, 5) is 25.2. The molecule has 3 aliphatic rings. The third kappa shape index (κ3) is 6.46. The van der Waals surface area contributed by atoms with Crippen LogP contribution in [0.5, 0.6) is 0 Å². The summed E-state index contributed by atoms with van der Waals surface area (Å²) in [5, 5.41) is 3.34. The Morgan fingerprint density at radius 1 is 1.14 bits per heavy atom. The van der Waals surface area contributed by atoms with Gasteiger partial charge in [-0.2, -0.15) is 0 Å². The smallest absolute Gasteiger partial charge is 0.323 e. The fourth-order valence-corrected chi connectivity index (χ4v) is 9.49. The van der Waals surface area contributed by atoms with Crippen LogP contribution in [-0.2, 0) is 38.6 Å². The lowest BCUT2D eigenvalue weighted by Gasteiger charge is -2.32. The number of sulfone groups is 1. The minimum absolute atomic E-state index is 0.0729. The number of amides is 1. The van der Waals surface area contributed by atoms with Crippen LogP contribution in [0.1, 0.15) is 92.5 Å². The second-order valence-electron chi connectivity index (χ2n) is 13.2. The first-order valence-corrected chi connectivity index (χ1v) is 17.0. The highest BCUT2D eigenvalue weighted by atomic mass is 32.2. The van der Waals surface area contributed by atoms with Gasteiger partial charge in [-0.3, -0.25) is 9.59 Å². The van der Waals surface area contributed by atoms with E-state index < -0.39 is 39.0 Å². The fraction of sp³-hybridized carbons (Fsp3) is 0.613. The van der Waals surface area contributed by atoms with Crippen LogP contribution in [0.2, 0.25) is 0 Å². The zero-order chi connectivity index (χ0) is 31.1. The lowest BCUT2D eigenvalue weighted by molar-refractivity contribution is -0.152. The van der Waals surface area contributed by atoms with E-state index in [1.54, 1.807) is 6.07 Å². The maximum atomic E-state index is 15.6. The van der Waals surface area contributed by atoms with Crippen LogP contribution in [0, 0.1) is 11.2 Å². The number of fused-ring (bicyclic) bond motifs is 3. The van der Waals surface area contributed by atoms with Crippen molar-refractivity contribution in [2.24, 2.45) is 22.6 Å². The van der Waals surface area contributed by atoms with E-state index in [1.807, 2.05) is 18.4 Å². The molecule has 2 heterocycles. The van der Waals surface area contributed by atoms with Crippen molar-refractivity contribution in [2.45, 2.75) is 108 Å². The van der Waals surface area contributed by atoms with E-state index in [0.29, 0.717) is 74.2 Å². The number of nitrogens with two attached hydrogens (primary N) is 3. The van der Waals surface area contributed by atoms with E-state index in [9.17, 15) is 18.0 Å². The summed E-state index contributed by atoms with van der Waals surface area (Å²) >= 11 is 0. The van der Waals surface area contributed by atoms with Crippen molar-refractivity contribution >= 4 is 27.4 Å². The Hall–Kier alpha value is -2.96. The van der Waals surface area contributed by atoms with Crippen LogP contribution < -0.4 is 22.5 Å². The second kappa shape index (κ2) is 12.2. The molecule has 1 aromatic carbocycles. The summed E-state index contributed by atoms with van der Waals surface area (Å²) in [7, 11) is -3.51. The molecule has 43 heavy (non-hydrogen) atoms. The van der Waals surface area contributed by atoms with Crippen molar-refractivity contribution in [3.05, 3.63) is 40.5 Å². The molecule has 1 amide bonds. The van der Waals surface area contributed by atoms with Crippen LogP contribution in [0.25, 0.3) is 5.69 Å². The Kier molecular flexibility index (Phi) is 8.93. The van der Waals surface area contributed by atoms with Gasteiger partial charge in [0.15, 0.2) is 9.84 Å². The number of halogens is 1. The van der Waals surface area contributed by atoms with Crippen molar-refractivity contribution in [1.82, 2.24) is 4.57 Å². The van der Waals surface area contributed by atoms with Gasteiger partial charge in [0.2, 0.25) is 0 Å². The van der Waals surface area contributed by atoms with E-state index in [-0.39, 0.29) is 29.1 Å². The first-order chi connectivity index (χ1) is 20.3. The molecule has 12 heteroatoms. The molecular weight excluding hydrogens is 573 g/mol. The first kappa shape index (κ1) is 31.5. The number of ether oxygens (including phenoxy) is 1.